The number of aliphatic hydroxyl groups is 1. The van der Waals surface area contributed by atoms with Crippen molar-refractivity contribution in [1.82, 2.24) is 4.90 Å². The molecule has 0 bridgehead atoms. The lowest BCUT2D eigenvalue weighted by Crippen LogP contribution is -2.56. The third-order valence-corrected chi connectivity index (χ3v) is 2.76. The van der Waals surface area contributed by atoms with Crippen LogP contribution in [-0.4, -0.2) is 41.3 Å². The SMILES string of the molecule is COC(=O)C(C)(O)N(Cc1ccccc1)C(=O)CN. The second-order valence-electron chi connectivity index (χ2n) is 4.18. The first-order valence-corrected chi connectivity index (χ1v) is 5.78. The standard InChI is InChI=1S/C13H18N2O4/c1-13(18,12(17)19-2)15(11(16)8-14)9-10-6-4-3-5-7-10/h3-7,18H,8-9,14H2,1-2H3. The summed E-state index contributed by atoms with van der Waals surface area (Å²) >= 11 is 0. The number of benzene rings is 1. The fraction of sp³-hybridized carbons (Fsp3) is 0.385. The van der Waals surface area contributed by atoms with Gasteiger partial charge in [-0.3, -0.25) is 9.69 Å². The Morgan fingerprint density at radius 1 is 1.37 bits per heavy atom. The van der Waals surface area contributed by atoms with E-state index in [0.717, 1.165) is 17.6 Å². The highest BCUT2D eigenvalue weighted by molar-refractivity contribution is 5.87. The molecule has 0 saturated carbocycles. The predicted molar refractivity (Wildman–Crippen MR) is 68.7 cm³/mol. The molecule has 1 unspecified atom stereocenters. The van der Waals surface area contributed by atoms with Gasteiger partial charge in [-0.25, -0.2) is 4.79 Å². The lowest BCUT2D eigenvalue weighted by molar-refractivity contribution is -0.188. The fourth-order valence-electron chi connectivity index (χ4n) is 1.66. The zero-order valence-electron chi connectivity index (χ0n) is 11.0. The molecule has 1 aromatic carbocycles. The van der Waals surface area contributed by atoms with E-state index in [-0.39, 0.29) is 13.1 Å². The van der Waals surface area contributed by atoms with E-state index >= 15 is 0 Å². The lowest BCUT2D eigenvalue weighted by atomic mass is 10.1. The van der Waals surface area contributed by atoms with E-state index in [1.165, 1.54) is 6.92 Å². The average Bonchev–Trinajstić information content (AvgIpc) is 2.43. The molecule has 3 N–H and O–H groups in total. The number of esters is 1. The van der Waals surface area contributed by atoms with Crippen LogP contribution in [0.4, 0.5) is 0 Å². The van der Waals surface area contributed by atoms with Crippen LogP contribution in [0.15, 0.2) is 30.3 Å². The highest BCUT2D eigenvalue weighted by atomic mass is 16.5. The van der Waals surface area contributed by atoms with Crippen LogP contribution in [0, 0.1) is 0 Å². The molecule has 0 aliphatic rings. The molecular formula is C13H18N2O4. The smallest absolute Gasteiger partial charge is 0.359 e. The van der Waals surface area contributed by atoms with Crippen molar-refractivity contribution in [2.45, 2.75) is 19.2 Å². The minimum absolute atomic E-state index is 0.0684. The summed E-state index contributed by atoms with van der Waals surface area (Å²) in [6.45, 7) is 0.967. The molecule has 6 heteroatoms. The monoisotopic (exact) mass is 266 g/mol. The van der Waals surface area contributed by atoms with Crippen LogP contribution in [0.2, 0.25) is 0 Å². The molecule has 104 valence electrons. The first kappa shape index (κ1) is 15.1. The quantitative estimate of drug-likeness (QED) is 0.571. The molecule has 0 spiro atoms. The van der Waals surface area contributed by atoms with Crippen molar-refractivity contribution in [3.63, 3.8) is 0 Å². The Balaban J connectivity index is 3.02. The number of hydrogen-bond acceptors (Lipinski definition) is 5. The van der Waals surface area contributed by atoms with Gasteiger partial charge in [-0.2, -0.15) is 0 Å². The Morgan fingerprint density at radius 2 is 1.95 bits per heavy atom. The molecular weight excluding hydrogens is 248 g/mol. The maximum absolute atomic E-state index is 11.8. The summed E-state index contributed by atoms with van der Waals surface area (Å²) in [6.07, 6.45) is 0. The number of carbonyl (C=O) groups excluding carboxylic acids is 2. The van der Waals surface area contributed by atoms with E-state index in [1.807, 2.05) is 6.07 Å². The molecule has 19 heavy (non-hydrogen) atoms. The summed E-state index contributed by atoms with van der Waals surface area (Å²) in [6, 6.07) is 8.99. The summed E-state index contributed by atoms with van der Waals surface area (Å²) in [5.41, 5.74) is 4.03. The highest BCUT2D eigenvalue weighted by Gasteiger charge is 2.41. The third-order valence-electron chi connectivity index (χ3n) is 2.76. The van der Waals surface area contributed by atoms with Crippen molar-refractivity contribution >= 4 is 11.9 Å². The van der Waals surface area contributed by atoms with E-state index in [2.05, 4.69) is 4.74 Å². The Bertz CT molecular complexity index is 445. The van der Waals surface area contributed by atoms with Crippen LogP contribution in [0.25, 0.3) is 0 Å². The number of carbonyl (C=O) groups is 2. The minimum Gasteiger partial charge on any atom is -0.465 e. The fourth-order valence-corrected chi connectivity index (χ4v) is 1.66. The summed E-state index contributed by atoms with van der Waals surface area (Å²) < 4.78 is 4.50. The Morgan fingerprint density at radius 3 is 2.42 bits per heavy atom. The van der Waals surface area contributed by atoms with Crippen LogP contribution in [0.5, 0.6) is 0 Å². The van der Waals surface area contributed by atoms with Gasteiger partial charge in [0.1, 0.15) is 0 Å². The average molecular weight is 266 g/mol. The minimum atomic E-state index is -2.05. The van der Waals surface area contributed by atoms with E-state index in [9.17, 15) is 14.7 Å². The molecule has 6 nitrogen and oxygen atoms in total. The summed E-state index contributed by atoms with van der Waals surface area (Å²) in [4.78, 5) is 24.4. The molecule has 0 heterocycles. The Hall–Kier alpha value is -1.92. The topological polar surface area (TPSA) is 92.9 Å². The molecule has 0 saturated heterocycles. The van der Waals surface area contributed by atoms with E-state index < -0.39 is 17.6 Å². The summed E-state index contributed by atoms with van der Waals surface area (Å²) in [7, 11) is 1.14. The molecule has 1 atom stereocenters. The van der Waals surface area contributed by atoms with Gasteiger partial charge in [-0.15, -0.1) is 0 Å². The van der Waals surface area contributed by atoms with Gasteiger partial charge in [-0.05, 0) is 12.5 Å². The van der Waals surface area contributed by atoms with E-state index in [0.29, 0.717) is 0 Å². The molecule has 0 aliphatic carbocycles. The molecule has 0 aliphatic heterocycles. The maximum atomic E-state index is 11.8. The first-order chi connectivity index (χ1) is 8.93. The largest absolute Gasteiger partial charge is 0.465 e. The predicted octanol–water partition coefficient (Wildman–Crippen LogP) is -0.145. The van der Waals surface area contributed by atoms with Gasteiger partial charge in [0.2, 0.25) is 11.6 Å². The van der Waals surface area contributed by atoms with Crippen LogP contribution in [0.1, 0.15) is 12.5 Å². The van der Waals surface area contributed by atoms with Crippen molar-refractivity contribution < 1.29 is 19.4 Å². The molecule has 0 fully saturated rings. The van der Waals surface area contributed by atoms with Gasteiger partial charge < -0.3 is 15.6 Å². The van der Waals surface area contributed by atoms with E-state index in [1.54, 1.807) is 24.3 Å². The van der Waals surface area contributed by atoms with Crippen molar-refractivity contribution in [3.8, 4) is 0 Å². The van der Waals surface area contributed by atoms with Crippen molar-refractivity contribution in [2.24, 2.45) is 5.73 Å². The first-order valence-electron chi connectivity index (χ1n) is 5.78. The number of nitrogens with zero attached hydrogens (tertiary/aromatic N) is 1. The van der Waals surface area contributed by atoms with Gasteiger partial charge in [-0.1, -0.05) is 30.3 Å². The van der Waals surface area contributed by atoms with Gasteiger partial charge in [0.15, 0.2) is 0 Å². The number of ether oxygens (including phenoxy) is 1. The van der Waals surface area contributed by atoms with E-state index in [4.69, 9.17) is 5.73 Å². The maximum Gasteiger partial charge on any atom is 0.359 e. The number of amides is 1. The van der Waals surface area contributed by atoms with Gasteiger partial charge in [0.25, 0.3) is 0 Å². The number of nitrogens with two attached hydrogens (primary N) is 1. The lowest BCUT2D eigenvalue weighted by Gasteiger charge is -2.34. The number of methoxy groups -OCH3 is 1. The van der Waals surface area contributed by atoms with Crippen molar-refractivity contribution in [2.75, 3.05) is 13.7 Å². The normalized spacial score (nSPS) is 13.5. The van der Waals surface area contributed by atoms with Crippen LogP contribution in [0.3, 0.4) is 0 Å². The zero-order valence-corrected chi connectivity index (χ0v) is 11.0. The summed E-state index contributed by atoms with van der Waals surface area (Å²) in [5.74, 6) is -1.45. The zero-order chi connectivity index (χ0) is 14.5. The van der Waals surface area contributed by atoms with Crippen molar-refractivity contribution in [3.05, 3.63) is 35.9 Å². The van der Waals surface area contributed by atoms with Crippen LogP contribution in [-0.2, 0) is 20.9 Å². The van der Waals surface area contributed by atoms with Crippen LogP contribution >= 0.6 is 0 Å². The molecule has 0 radical (unpaired) electrons. The summed E-state index contributed by atoms with van der Waals surface area (Å²) in [5, 5.41) is 10.2. The molecule has 1 amide bonds. The van der Waals surface area contributed by atoms with Gasteiger partial charge in [0.05, 0.1) is 13.7 Å². The van der Waals surface area contributed by atoms with Gasteiger partial charge >= 0.3 is 5.97 Å². The van der Waals surface area contributed by atoms with Gasteiger partial charge in [0, 0.05) is 6.54 Å². The molecule has 0 aromatic heterocycles. The Labute approximate surface area is 111 Å². The second kappa shape index (κ2) is 6.31. The molecule has 1 aromatic rings. The molecule has 1 rings (SSSR count). The number of rotatable bonds is 5. The van der Waals surface area contributed by atoms with Crippen molar-refractivity contribution in [1.29, 1.82) is 0 Å². The third kappa shape index (κ3) is 3.52. The number of hydrogen-bond donors (Lipinski definition) is 2. The Kier molecular flexibility index (Phi) is 5.02. The second-order valence-corrected chi connectivity index (χ2v) is 4.18. The highest BCUT2D eigenvalue weighted by Crippen LogP contribution is 2.17. The van der Waals surface area contributed by atoms with Crippen LogP contribution < -0.4 is 5.73 Å².